The van der Waals surface area contributed by atoms with E-state index in [1.54, 1.807) is 18.2 Å². The molecule has 1 aliphatic carbocycles. The third kappa shape index (κ3) is 2.87. The largest absolute Gasteiger partial charge is 0.351 e. The van der Waals surface area contributed by atoms with Crippen LogP contribution in [0.4, 0.5) is 0 Å². The van der Waals surface area contributed by atoms with Crippen molar-refractivity contribution in [2.24, 2.45) is 5.41 Å². The van der Waals surface area contributed by atoms with Crippen molar-refractivity contribution in [2.45, 2.75) is 12.8 Å². The predicted molar refractivity (Wildman–Crippen MR) is 71.2 cm³/mol. The molecule has 0 spiro atoms. The summed E-state index contributed by atoms with van der Waals surface area (Å²) in [7, 11) is 0. The van der Waals surface area contributed by atoms with E-state index in [2.05, 4.69) is 5.32 Å². The van der Waals surface area contributed by atoms with Gasteiger partial charge < -0.3 is 5.32 Å². The first-order chi connectivity index (χ1) is 8.08. The van der Waals surface area contributed by atoms with Crippen LogP contribution < -0.4 is 5.32 Å². The molecule has 0 atom stereocenters. The molecule has 1 amide bonds. The molecule has 5 heteroatoms. The number of carbonyl (C=O) groups is 1. The molecule has 2 nitrogen and oxygen atoms in total. The summed E-state index contributed by atoms with van der Waals surface area (Å²) in [4.78, 5) is 12.0. The Hall–Kier alpha value is -0.440. The highest BCUT2D eigenvalue weighted by Gasteiger charge is 2.41. The Bertz CT molecular complexity index is 423. The van der Waals surface area contributed by atoms with Crippen molar-refractivity contribution < 1.29 is 4.79 Å². The molecule has 0 heterocycles. The number of benzene rings is 1. The molecule has 0 unspecified atom stereocenters. The summed E-state index contributed by atoms with van der Waals surface area (Å²) in [6.45, 7) is 0.580. The Kier molecular flexibility index (Phi) is 3.86. The molecule has 17 heavy (non-hydrogen) atoms. The third-order valence-corrected chi connectivity index (χ3v) is 4.25. The zero-order valence-electron chi connectivity index (χ0n) is 9.10. The summed E-state index contributed by atoms with van der Waals surface area (Å²) in [5.41, 5.74) is 0.423. The highest BCUT2D eigenvalue weighted by Crippen LogP contribution is 2.45. The van der Waals surface area contributed by atoms with E-state index in [-0.39, 0.29) is 11.3 Å². The van der Waals surface area contributed by atoms with Gasteiger partial charge in [-0.15, -0.1) is 11.6 Å². The van der Waals surface area contributed by atoms with Gasteiger partial charge in [0.15, 0.2) is 0 Å². The van der Waals surface area contributed by atoms with Crippen molar-refractivity contribution in [1.29, 1.82) is 0 Å². The SMILES string of the molecule is O=C(NCC1(CCl)CC1)c1c(Cl)cccc1Cl. The molecule has 0 saturated heterocycles. The number of nitrogens with one attached hydrogen (secondary N) is 1. The van der Waals surface area contributed by atoms with E-state index in [4.69, 9.17) is 34.8 Å². The highest BCUT2D eigenvalue weighted by atomic mass is 35.5. The minimum atomic E-state index is -0.239. The average molecular weight is 293 g/mol. The van der Waals surface area contributed by atoms with Crippen molar-refractivity contribution >= 4 is 40.7 Å². The monoisotopic (exact) mass is 291 g/mol. The third-order valence-electron chi connectivity index (χ3n) is 3.05. The molecular weight excluding hydrogens is 280 g/mol. The number of carbonyl (C=O) groups excluding carboxylic acids is 1. The lowest BCUT2D eigenvalue weighted by atomic mass is 10.1. The van der Waals surface area contributed by atoms with Gasteiger partial charge in [0.25, 0.3) is 5.91 Å². The van der Waals surface area contributed by atoms with E-state index in [9.17, 15) is 4.79 Å². The Morgan fingerprint density at radius 1 is 1.29 bits per heavy atom. The van der Waals surface area contributed by atoms with E-state index < -0.39 is 0 Å². The average Bonchev–Trinajstić information content (AvgIpc) is 3.07. The van der Waals surface area contributed by atoms with Gasteiger partial charge in [-0.2, -0.15) is 0 Å². The van der Waals surface area contributed by atoms with E-state index in [1.807, 2.05) is 0 Å². The maximum Gasteiger partial charge on any atom is 0.254 e. The molecule has 1 aliphatic rings. The second kappa shape index (κ2) is 5.05. The van der Waals surface area contributed by atoms with Crippen LogP contribution in [0.25, 0.3) is 0 Å². The molecule has 1 aromatic rings. The van der Waals surface area contributed by atoms with E-state index in [0.717, 1.165) is 12.8 Å². The first-order valence-electron chi connectivity index (χ1n) is 5.36. The number of alkyl halides is 1. The molecule has 0 aliphatic heterocycles. The van der Waals surface area contributed by atoms with Crippen molar-refractivity contribution in [3.8, 4) is 0 Å². The van der Waals surface area contributed by atoms with Crippen LogP contribution in [0.1, 0.15) is 23.2 Å². The summed E-state index contributed by atoms with van der Waals surface area (Å²) >= 11 is 17.7. The summed E-state index contributed by atoms with van der Waals surface area (Å²) in [5.74, 6) is 0.334. The number of halogens is 3. The Morgan fingerprint density at radius 3 is 2.35 bits per heavy atom. The van der Waals surface area contributed by atoms with Crippen LogP contribution in [0.5, 0.6) is 0 Å². The summed E-state index contributed by atoms with van der Waals surface area (Å²) in [6.07, 6.45) is 2.13. The fourth-order valence-electron chi connectivity index (χ4n) is 1.61. The van der Waals surface area contributed by atoms with Crippen LogP contribution in [0.15, 0.2) is 18.2 Å². The smallest absolute Gasteiger partial charge is 0.254 e. The van der Waals surface area contributed by atoms with Crippen LogP contribution in [-0.4, -0.2) is 18.3 Å². The molecule has 1 N–H and O–H groups in total. The molecular formula is C12H12Cl3NO. The lowest BCUT2D eigenvalue weighted by Gasteiger charge is -2.13. The van der Waals surface area contributed by atoms with Gasteiger partial charge in [-0.05, 0) is 25.0 Å². The standard InChI is InChI=1S/C12H12Cl3NO/c13-6-12(4-5-12)7-16-11(17)10-8(14)2-1-3-9(10)15/h1-3H,4-7H2,(H,16,17). The lowest BCUT2D eigenvalue weighted by molar-refractivity contribution is 0.0946. The summed E-state index contributed by atoms with van der Waals surface area (Å²) in [6, 6.07) is 5.01. The fourth-order valence-corrected chi connectivity index (χ4v) is 2.54. The molecule has 1 fully saturated rings. The number of hydrogen-bond donors (Lipinski definition) is 1. The van der Waals surface area contributed by atoms with Gasteiger partial charge >= 0.3 is 0 Å². The topological polar surface area (TPSA) is 29.1 Å². The Morgan fingerprint density at radius 2 is 1.88 bits per heavy atom. The van der Waals surface area contributed by atoms with Gasteiger partial charge in [-0.3, -0.25) is 4.79 Å². The lowest BCUT2D eigenvalue weighted by Crippen LogP contribution is -2.31. The number of amides is 1. The van der Waals surface area contributed by atoms with Crippen molar-refractivity contribution in [3.63, 3.8) is 0 Å². The quantitative estimate of drug-likeness (QED) is 0.842. The van der Waals surface area contributed by atoms with Crippen LogP contribution >= 0.6 is 34.8 Å². The summed E-state index contributed by atoms with van der Waals surface area (Å²) in [5, 5.41) is 3.57. The van der Waals surface area contributed by atoms with Gasteiger partial charge in [-0.1, -0.05) is 29.3 Å². The minimum absolute atomic E-state index is 0.0882. The first kappa shape index (κ1) is 13.0. The van der Waals surface area contributed by atoms with Gasteiger partial charge in [0.1, 0.15) is 0 Å². The number of rotatable bonds is 4. The predicted octanol–water partition coefficient (Wildman–Crippen LogP) is 3.74. The Balaban J connectivity index is 2.05. The molecule has 1 aromatic carbocycles. The van der Waals surface area contributed by atoms with Crippen molar-refractivity contribution in [3.05, 3.63) is 33.8 Å². The summed E-state index contributed by atoms with van der Waals surface area (Å²) < 4.78 is 0. The fraction of sp³-hybridized carbons (Fsp3) is 0.417. The van der Waals surface area contributed by atoms with Gasteiger partial charge in [0.2, 0.25) is 0 Å². The van der Waals surface area contributed by atoms with Gasteiger partial charge in [0, 0.05) is 17.8 Å². The maximum atomic E-state index is 12.0. The zero-order valence-corrected chi connectivity index (χ0v) is 11.4. The Labute approximate surface area is 115 Å². The molecule has 2 rings (SSSR count). The molecule has 0 bridgehead atoms. The van der Waals surface area contributed by atoms with E-state index in [0.29, 0.717) is 28.0 Å². The minimum Gasteiger partial charge on any atom is -0.351 e. The highest BCUT2D eigenvalue weighted by molar-refractivity contribution is 6.39. The molecule has 0 radical (unpaired) electrons. The van der Waals surface area contributed by atoms with E-state index in [1.165, 1.54) is 0 Å². The van der Waals surface area contributed by atoms with Crippen LogP contribution in [-0.2, 0) is 0 Å². The van der Waals surface area contributed by atoms with E-state index >= 15 is 0 Å². The second-order valence-corrected chi connectivity index (χ2v) is 5.49. The van der Waals surface area contributed by atoms with Gasteiger partial charge in [-0.25, -0.2) is 0 Å². The van der Waals surface area contributed by atoms with Crippen LogP contribution in [0, 0.1) is 5.41 Å². The maximum absolute atomic E-state index is 12.0. The molecule has 1 saturated carbocycles. The number of hydrogen-bond acceptors (Lipinski definition) is 1. The van der Waals surface area contributed by atoms with Crippen molar-refractivity contribution in [1.82, 2.24) is 5.32 Å². The second-order valence-electron chi connectivity index (χ2n) is 4.41. The van der Waals surface area contributed by atoms with Gasteiger partial charge in [0.05, 0.1) is 15.6 Å². The zero-order chi connectivity index (χ0) is 12.5. The molecule has 92 valence electrons. The normalized spacial score (nSPS) is 16.6. The van der Waals surface area contributed by atoms with Crippen LogP contribution in [0.3, 0.4) is 0 Å². The first-order valence-corrected chi connectivity index (χ1v) is 6.65. The molecule has 0 aromatic heterocycles. The van der Waals surface area contributed by atoms with Crippen LogP contribution in [0.2, 0.25) is 10.0 Å². The van der Waals surface area contributed by atoms with Crippen molar-refractivity contribution in [2.75, 3.05) is 12.4 Å².